The number of nitrogens with one attached hydrogen (secondary N) is 1. The summed E-state index contributed by atoms with van der Waals surface area (Å²) in [5, 5.41) is 16.0. The number of anilines is 1. The maximum Gasteiger partial charge on any atom is 0.236 e. The largest absolute Gasteiger partial charge is 0.301 e. The number of aromatic nitrogens is 2. The van der Waals surface area contributed by atoms with E-state index < -0.39 is 0 Å². The van der Waals surface area contributed by atoms with E-state index in [1.165, 1.54) is 23.1 Å². The number of pyridine rings is 1. The van der Waals surface area contributed by atoms with E-state index in [9.17, 15) is 10.1 Å². The molecule has 0 fully saturated rings. The number of nitriles is 1. The summed E-state index contributed by atoms with van der Waals surface area (Å²) in [4.78, 5) is 20.8. The summed E-state index contributed by atoms with van der Waals surface area (Å²) in [6, 6.07) is 9.87. The molecule has 5 nitrogen and oxygen atoms in total. The molecule has 0 aliphatic rings. The molecule has 1 amide bonds. The van der Waals surface area contributed by atoms with E-state index in [-0.39, 0.29) is 11.7 Å². The first-order valence-electron chi connectivity index (χ1n) is 7.21. The van der Waals surface area contributed by atoms with Crippen molar-refractivity contribution in [3.8, 4) is 6.07 Å². The average molecular weight is 354 g/mol. The van der Waals surface area contributed by atoms with E-state index in [1.54, 1.807) is 0 Å². The van der Waals surface area contributed by atoms with Gasteiger partial charge >= 0.3 is 0 Å². The zero-order chi connectivity index (χ0) is 17.1. The summed E-state index contributed by atoms with van der Waals surface area (Å²) in [6.45, 7) is 3.87. The SMILES string of the molecule is Cc1ccc2cc(C#N)c(SCC(=O)Nc3nc(C)cs3)nc2c1. The molecule has 3 aromatic rings. The summed E-state index contributed by atoms with van der Waals surface area (Å²) in [5.41, 5.74) is 3.29. The van der Waals surface area contributed by atoms with Crippen molar-refractivity contribution in [2.45, 2.75) is 18.9 Å². The molecule has 0 spiro atoms. The van der Waals surface area contributed by atoms with Crippen LogP contribution in [-0.4, -0.2) is 21.6 Å². The topological polar surface area (TPSA) is 78.7 Å². The van der Waals surface area contributed by atoms with E-state index in [0.717, 1.165) is 22.2 Å². The third-order valence-corrected chi connectivity index (χ3v) is 5.13. The van der Waals surface area contributed by atoms with E-state index in [2.05, 4.69) is 21.4 Å². The van der Waals surface area contributed by atoms with Gasteiger partial charge in [-0.2, -0.15) is 5.26 Å². The second kappa shape index (κ2) is 6.99. The number of carbonyl (C=O) groups is 1. The smallest absolute Gasteiger partial charge is 0.236 e. The van der Waals surface area contributed by atoms with Crippen molar-refractivity contribution < 1.29 is 4.79 Å². The molecule has 1 N–H and O–H groups in total. The number of nitrogens with zero attached hydrogens (tertiary/aromatic N) is 3. The normalized spacial score (nSPS) is 10.5. The Bertz CT molecular complexity index is 959. The Labute approximate surface area is 147 Å². The molecule has 0 bridgehead atoms. The van der Waals surface area contributed by atoms with Crippen molar-refractivity contribution in [3.05, 3.63) is 46.5 Å². The van der Waals surface area contributed by atoms with Crippen molar-refractivity contribution in [2.75, 3.05) is 11.1 Å². The van der Waals surface area contributed by atoms with Gasteiger partial charge in [0, 0.05) is 10.8 Å². The van der Waals surface area contributed by atoms with Crippen molar-refractivity contribution in [1.82, 2.24) is 9.97 Å². The number of thiazole rings is 1. The van der Waals surface area contributed by atoms with Gasteiger partial charge in [-0.1, -0.05) is 23.9 Å². The van der Waals surface area contributed by atoms with Crippen LogP contribution in [0.25, 0.3) is 10.9 Å². The number of amides is 1. The Kier molecular flexibility index (Phi) is 4.79. The molecule has 0 saturated heterocycles. The number of rotatable bonds is 4. The van der Waals surface area contributed by atoms with Crippen LogP contribution < -0.4 is 5.32 Å². The highest BCUT2D eigenvalue weighted by Crippen LogP contribution is 2.25. The number of thioether (sulfide) groups is 1. The first-order chi connectivity index (χ1) is 11.5. The minimum atomic E-state index is -0.163. The fraction of sp³-hybridized carbons (Fsp3) is 0.176. The van der Waals surface area contributed by atoms with Gasteiger partial charge in [0.05, 0.1) is 22.5 Å². The highest BCUT2D eigenvalue weighted by molar-refractivity contribution is 8.00. The van der Waals surface area contributed by atoms with Gasteiger partial charge in [-0.25, -0.2) is 9.97 Å². The Morgan fingerprint density at radius 3 is 2.88 bits per heavy atom. The predicted molar refractivity (Wildman–Crippen MR) is 97.4 cm³/mol. The third kappa shape index (κ3) is 3.72. The molecule has 0 aliphatic carbocycles. The van der Waals surface area contributed by atoms with Crippen LogP contribution in [0.15, 0.2) is 34.7 Å². The van der Waals surface area contributed by atoms with Gasteiger partial charge in [-0.05, 0) is 31.5 Å². The molecule has 0 atom stereocenters. The summed E-state index contributed by atoms with van der Waals surface area (Å²) < 4.78 is 0. The molecule has 120 valence electrons. The lowest BCUT2D eigenvalue weighted by Crippen LogP contribution is -2.14. The van der Waals surface area contributed by atoms with E-state index >= 15 is 0 Å². The summed E-state index contributed by atoms with van der Waals surface area (Å²) >= 11 is 2.65. The van der Waals surface area contributed by atoms with Gasteiger partial charge in [0.1, 0.15) is 11.1 Å². The highest BCUT2D eigenvalue weighted by Gasteiger charge is 2.11. The molecule has 2 heterocycles. The quantitative estimate of drug-likeness (QED) is 0.719. The monoisotopic (exact) mass is 354 g/mol. The van der Waals surface area contributed by atoms with Gasteiger partial charge in [0.15, 0.2) is 5.13 Å². The lowest BCUT2D eigenvalue weighted by molar-refractivity contribution is -0.113. The van der Waals surface area contributed by atoms with Crippen LogP contribution in [0.5, 0.6) is 0 Å². The number of fused-ring (bicyclic) bond motifs is 1. The number of carbonyl (C=O) groups excluding carboxylic acids is 1. The molecule has 0 aliphatic heterocycles. The maximum atomic E-state index is 12.0. The van der Waals surface area contributed by atoms with Crippen LogP contribution >= 0.6 is 23.1 Å². The summed E-state index contributed by atoms with van der Waals surface area (Å²) in [5.74, 6) is 0.0156. The molecule has 1 aromatic carbocycles. The Hall–Kier alpha value is -2.43. The molecule has 2 aromatic heterocycles. The second-order valence-corrected chi connectivity index (χ2v) is 7.10. The minimum Gasteiger partial charge on any atom is -0.301 e. The van der Waals surface area contributed by atoms with Crippen LogP contribution in [0.1, 0.15) is 16.8 Å². The van der Waals surface area contributed by atoms with Crippen molar-refractivity contribution >= 4 is 45.0 Å². The van der Waals surface area contributed by atoms with Gasteiger partial charge < -0.3 is 5.32 Å². The zero-order valence-electron chi connectivity index (χ0n) is 13.2. The molecule has 7 heteroatoms. The van der Waals surface area contributed by atoms with Gasteiger partial charge in [-0.15, -0.1) is 11.3 Å². The first-order valence-corrected chi connectivity index (χ1v) is 9.08. The average Bonchev–Trinajstić information content (AvgIpc) is 2.96. The predicted octanol–water partition coefficient (Wildman–Crippen LogP) is 3.91. The summed E-state index contributed by atoms with van der Waals surface area (Å²) in [7, 11) is 0. The van der Waals surface area contributed by atoms with Crippen LogP contribution in [0, 0.1) is 25.2 Å². The Morgan fingerprint density at radius 2 is 2.17 bits per heavy atom. The number of aryl methyl sites for hydroxylation is 2. The van der Waals surface area contributed by atoms with E-state index in [4.69, 9.17) is 0 Å². The van der Waals surface area contributed by atoms with Crippen LogP contribution in [0.3, 0.4) is 0 Å². The standard InChI is InChI=1S/C17H14N4OS2/c1-10-3-4-12-6-13(7-18)16(20-14(12)5-10)23-9-15(22)21-17-19-11(2)8-24-17/h3-6,8H,9H2,1-2H3,(H,19,21,22). The van der Waals surface area contributed by atoms with Crippen LogP contribution in [0.4, 0.5) is 5.13 Å². The Morgan fingerprint density at radius 1 is 1.33 bits per heavy atom. The lowest BCUT2D eigenvalue weighted by Gasteiger charge is -2.06. The Balaban J connectivity index is 1.76. The number of hydrogen-bond donors (Lipinski definition) is 1. The molecule has 24 heavy (non-hydrogen) atoms. The number of hydrogen-bond acceptors (Lipinski definition) is 6. The minimum absolute atomic E-state index is 0.163. The van der Waals surface area contributed by atoms with Crippen molar-refractivity contribution in [1.29, 1.82) is 5.26 Å². The first kappa shape index (κ1) is 16.4. The van der Waals surface area contributed by atoms with E-state index in [1.807, 2.05) is 43.5 Å². The number of benzene rings is 1. The van der Waals surface area contributed by atoms with Gasteiger partial charge in [0.2, 0.25) is 5.91 Å². The molecule has 0 unspecified atom stereocenters. The van der Waals surface area contributed by atoms with Crippen molar-refractivity contribution in [2.24, 2.45) is 0 Å². The van der Waals surface area contributed by atoms with E-state index in [0.29, 0.717) is 15.7 Å². The molecular weight excluding hydrogens is 340 g/mol. The lowest BCUT2D eigenvalue weighted by atomic mass is 10.1. The van der Waals surface area contributed by atoms with Crippen LogP contribution in [-0.2, 0) is 4.79 Å². The molecule has 3 rings (SSSR count). The highest BCUT2D eigenvalue weighted by atomic mass is 32.2. The fourth-order valence-electron chi connectivity index (χ4n) is 2.15. The molecule has 0 radical (unpaired) electrons. The third-order valence-electron chi connectivity index (χ3n) is 3.26. The second-order valence-electron chi connectivity index (χ2n) is 5.28. The zero-order valence-corrected chi connectivity index (χ0v) is 14.8. The van der Waals surface area contributed by atoms with Gasteiger partial charge in [0.25, 0.3) is 0 Å². The summed E-state index contributed by atoms with van der Waals surface area (Å²) in [6.07, 6.45) is 0. The maximum absolute atomic E-state index is 12.0. The molecular formula is C17H14N4OS2. The van der Waals surface area contributed by atoms with Crippen LogP contribution in [0.2, 0.25) is 0 Å². The van der Waals surface area contributed by atoms with Crippen molar-refractivity contribution in [3.63, 3.8) is 0 Å². The fourth-order valence-corrected chi connectivity index (χ4v) is 3.62. The molecule has 0 saturated carbocycles. The van der Waals surface area contributed by atoms with Gasteiger partial charge in [-0.3, -0.25) is 4.79 Å².